The van der Waals surface area contributed by atoms with Gasteiger partial charge < -0.3 is 34.7 Å². The number of hydrogen-bond acceptors (Lipinski definition) is 12. The van der Waals surface area contributed by atoms with E-state index in [-0.39, 0.29) is 111 Å². The number of alkyl carbamates (subject to hydrolysis) is 1. The number of carbonyl (C=O) groups is 7. The van der Waals surface area contributed by atoms with Crippen LogP contribution in [0.5, 0.6) is 0 Å². The Hall–Kier alpha value is -4.93. The zero-order valence-corrected chi connectivity index (χ0v) is 31.0. The number of allylic oxidation sites excluding steroid dienone is 3. The summed E-state index contributed by atoms with van der Waals surface area (Å²) in [6, 6.07) is 3.28. The summed E-state index contributed by atoms with van der Waals surface area (Å²) in [4.78, 5) is 88.4. The van der Waals surface area contributed by atoms with E-state index >= 15 is 0 Å². The van der Waals surface area contributed by atoms with E-state index in [0.29, 0.717) is 19.3 Å². The molecule has 8 atom stereocenters. The van der Waals surface area contributed by atoms with E-state index in [9.17, 15) is 38.7 Å². The number of aliphatic hydroxyl groups is 1. The van der Waals surface area contributed by atoms with E-state index < -0.39 is 47.8 Å². The topological polar surface area (TPSA) is 216 Å². The molecule has 296 valence electrons. The highest BCUT2D eigenvalue weighted by Gasteiger charge is 2.46. The number of aliphatic hydroxyl groups excluding tert-OH is 1. The number of ether oxygens (including phenoxy) is 4. The first-order chi connectivity index (χ1) is 26.4. The van der Waals surface area contributed by atoms with Gasteiger partial charge in [-0.3, -0.25) is 39.0 Å². The van der Waals surface area contributed by atoms with Crippen LogP contribution in [-0.2, 0) is 38.1 Å². The van der Waals surface area contributed by atoms with E-state index in [1.165, 1.54) is 18.2 Å². The van der Waals surface area contributed by atoms with Gasteiger partial charge in [0.1, 0.15) is 24.9 Å². The van der Waals surface area contributed by atoms with E-state index in [1.807, 2.05) is 0 Å². The molecule has 6 rings (SSSR count). The number of benzene rings is 1. The average Bonchev–Trinajstić information content (AvgIpc) is 3.38. The Morgan fingerprint density at radius 1 is 1.02 bits per heavy atom. The van der Waals surface area contributed by atoms with Gasteiger partial charge in [0.15, 0.2) is 0 Å². The van der Waals surface area contributed by atoms with Gasteiger partial charge in [-0.05, 0) is 61.1 Å². The standard InChI is InChI=1S/C39H48N4O12/c1-21-16-23-7-6-22(2)26(9-8-25-18-24(44)19-33(47)54-25)34(23)30(17-21)55-39(51)40-12-13-52-14-15-53-20-32(46)41-28-5-3-4-27-35(28)38(50)43(37(27)49)29-10-11-31(45)42-36(29)48/h3-7,16,21-22,24-26,29-30,34,44H,8-15,17-20H2,1-2H3,(H,40,51)(H,41,46)(H,42,45,48)/t21-,22-,24+,25+,26-,29?,30-,34-/m0/s1. The Bertz CT molecular complexity index is 1760. The molecule has 0 spiro atoms. The fourth-order valence-corrected chi connectivity index (χ4v) is 8.23. The second-order valence-electron chi connectivity index (χ2n) is 14.8. The number of amides is 6. The molecule has 4 N–H and O–H groups in total. The summed E-state index contributed by atoms with van der Waals surface area (Å²) in [5.41, 5.74) is 1.25. The van der Waals surface area contributed by atoms with Crippen molar-refractivity contribution in [1.82, 2.24) is 15.5 Å². The van der Waals surface area contributed by atoms with Gasteiger partial charge in [0, 0.05) is 25.3 Å². The maximum Gasteiger partial charge on any atom is 0.407 e. The maximum absolute atomic E-state index is 13.2. The third kappa shape index (κ3) is 9.48. The van der Waals surface area contributed by atoms with Crippen LogP contribution in [0.4, 0.5) is 10.5 Å². The number of cyclic esters (lactones) is 1. The lowest BCUT2D eigenvalue weighted by molar-refractivity contribution is -0.160. The van der Waals surface area contributed by atoms with Crippen molar-refractivity contribution in [3.8, 4) is 0 Å². The summed E-state index contributed by atoms with van der Waals surface area (Å²) < 4.78 is 22.4. The Kier molecular flexibility index (Phi) is 12.8. The lowest BCUT2D eigenvalue weighted by Gasteiger charge is -2.43. The van der Waals surface area contributed by atoms with Crippen molar-refractivity contribution in [3.05, 3.63) is 53.1 Å². The molecule has 2 saturated heterocycles. The summed E-state index contributed by atoms with van der Waals surface area (Å²) in [7, 11) is 0. The molecule has 1 aromatic rings. The minimum atomic E-state index is -1.12. The Balaban J connectivity index is 0.896. The molecule has 1 aromatic carbocycles. The molecule has 0 aromatic heterocycles. The first kappa shape index (κ1) is 39.8. The van der Waals surface area contributed by atoms with Crippen molar-refractivity contribution in [2.45, 2.75) is 83.1 Å². The smallest absolute Gasteiger partial charge is 0.407 e. The van der Waals surface area contributed by atoms with Crippen molar-refractivity contribution in [3.63, 3.8) is 0 Å². The number of nitrogens with one attached hydrogen (secondary N) is 3. The van der Waals surface area contributed by atoms with Gasteiger partial charge in [-0.2, -0.15) is 0 Å². The fourth-order valence-electron chi connectivity index (χ4n) is 8.23. The largest absolute Gasteiger partial charge is 0.462 e. The molecule has 0 bridgehead atoms. The molecule has 16 heteroatoms. The number of rotatable bonds is 14. The summed E-state index contributed by atoms with van der Waals surface area (Å²) in [6.07, 6.45) is 7.16. The van der Waals surface area contributed by atoms with Crippen molar-refractivity contribution in [2.24, 2.45) is 23.7 Å². The Morgan fingerprint density at radius 2 is 1.82 bits per heavy atom. The minimum absolute atomic E-state index is 0.00455. The molecule has 3 heterocycles. The first-order valence-corrected chi connectivity index (χ1v) is 18.9. The first-order valence-electron chi connectivity index (χ1n) is 18.9. The predicted molar refractivity (Wildman–Crippen MR) is 193 cm³/mol. The molecule has 16 nitrogen and oxygen atoms in total. The van der Waals surface area contributed by atoms with Crippen LogP contribution in [0.3, 0.4) is 0 Å². The summed E-state index contributed by atoms with van der Waals surface area (Å²) >= 11 is 0. The second-order valence-corrected chi connectivity index (χ2v) is 14.8. The fraction of sp³-hybridized carbons (Fsp3) is 0.564. The Morgan fingerprint density at radius 3 is 2.60 bits per heavy atom. The number of nitrogens with zero attached hydrogens (tertiary/aromatic N) is 1. The summed E-state index contributed by atoms with van der Waals surface area (Å²) in [5.74, 6) is -2.96. The summed E-state index contributed by atoms with van der Waals surface area (Å²) in [5, 5.41) is 17.5. The zero-order valence-electron chi connectivity index (χ0n) is 31.0. The van der Waals surface area contributed by atoms with Gasteiger partial charge in [0.05, 0.1) is 49.2 Å². The molecule has 2 fully saturated rings. The number of esters is 1. The molecular weight excluding hydrogens is 716 g/mol. The molecule has 0 radical (unpaired) electrons. The third-order valence-corrected chi connectivity index (χ3v) is 10.8. The number of fused-ring (bicyclic) bond motifs is 2. The third-order valence-electron chi connectivity index (χ3n) is 10.8. The molecular formula is C39H48N4O12. The van der Waals surface area contributed by atoms with Crippen LogP contribution in [0, 0.1) is 23.7 Å². The maximum atomic E-state index is 13.2. The number of carbonyl (C=O) groups excluding carboxylic acids is 7. The SMILES string of the molecule is C[C@H]1C=C2C=C[C@H](C)[C@H](CC[C@@H]3C[C@@H](O)CC(=O)O3)[C@H]2[C@@H](OC(=O)NCCOCCOCC(=O)Nc2cccc3c2C(=O)N(C2CCC(=O)NC2=O)C3=O)C1. The van der Waals surface area contributed by atoms with E-state index in [4.69, 9.17) is 18.9 Å². The number of piperidine rings is 1. The van der Waals surface area contributed by atoms with Crippen LogP contribution < -0.4 is 16.0 Å². The molecule has 6 amide bonds. The van der Waals surface area contributed by atoms with E-state index in [0.717, 1.165) is 16.9 Å². The van der Waals surface area contributed by atoms with Gasteiger partial charge in [0.25, 0.3) is 11.8 Å². The van der Waals surface area contributed by atoms with Crippen LogP contribution >= 0.6 is 0 Å². The Labute approximate surface area is 318 Å². The summed E-state index contributed by atoms with van der Waals surface area (Å²) in [6.45, 7) is 4.43. The van der Waals surface area contributed by atoms with Crippen LogP contribution in [0.25, 0.3) is 0 Å². The van der Waals surface area contributed by atoms with Crippen molar-refractivity contribution in [2.75, 3.05) is 38.3 Å². The van der Waals surface area contributed by atoms with Gasteiger partial charge in [-0.15, -0.1) is 0 Å². The highest BCUT2D eigenvalue weighted by Crippen LogP contribution is 2.45. The quantitative estimate of drug-likeness (QED) is 0.122. The number of hydrogen-bond donors (Lipinski definition) is 4. The highest BCUT2D eigenvalue weighted by molar-refractivity contribution is 6.26. The number of imide groups is 2. The molecule has 0 saturated carbocycles. The zero-order chi connectivity index (χ0) is 39.2. The van der Waals surface area contributed by atoms with Crippen LogP contribution in [0.2, 0.25) is 0 Å². The normalized spacial score (nSPS) is 28.8. The average molecular weight is 765 g/mol. The van der Waals surface area contributed by atoms with Crippen molar-refractivity contribution in [1.29, 1.82) is 0 Å². The van der Waals surface area contributed by atoms with Gasteiger partial charge in [0.2, 0.25) is 17.7 Å². The van der Waals surface area contributed by atoms with Gasteiger partial charge in [-0.1, -0.05) is 38.1 Å². The molecule has 55 heavy (non-hydrogen) atoms. The lowest BCUT2D eigenvalue weighted by atomic mass is 9.65. The van der Waals surface area contributed by atoms with E-state index in [2.05, 4.69) is 48.0 Å². The lowest BCUT2D eigenvalue weighted by Crippen LogP contribution is -2.54. The molecule has 5 aliphatic rings. The van der Waals surface area contributed by atoms with Crippen LogP contribution in [0.15, 0.2) is 42.0 Å². The van der Waals surface area contributed by atoms with Gasteiger partial charge in [-0.25, -0.2) is 4.79 Å². The predicted octanol–water partition coefficient (Wildman–Crippen LogP) is 2.41. The number of anilines is 1. The second kappa shape index (κ2) is 17.7. The van der Waals surface area contributed by atoms with Crippen molar-refractivity contribution < 1.29 is 57.6 Å². The minimum Gasteiger partial charge on any atom is -0.462 e. The van der Waals surface area contributed by atoms with Crippen LogP contribution in [0.1, 0.15) is 79.5 Å². The molecule has 2 aliphatic carbocycles. The highest BCUT2D eigenvalue weighted by atomic mass is 16.6. The molecule has 1 unspecified atom stereocenters. The van der Waals surface area contributed by atoms with Crippen molar-refractivity contribution >= 4 is 47.3 Å². The van der Waals surface area contributed by atoms with Gasteiger partial charge >= 0.3 is 12.1 Å². The molecule has 3 aliphatic heterocycles. The van der Waals surface area contributed by atoms with E-state index in [1.54, 1.807) is 0 Å². The monoisotopic (exact) mass is 764 g/mol. The van der Waals surface area contributed by atoms with Crippen LogP contribution in [-0.4, -0.2) is 109 Å².